The summed E-state index contributed by atoms with van der Waals surface area (Å²) in [6.07, 6.45) is 0.132. The standard InChI is InChI=1S/C14H20N2O6S/c1-8(2)6-11(14(18)19)16-23(20,21)9-4-5-12(22-3)10(7-9)13(15)17/h4-5,7-8,11,16H,6H2,1-3H3,(H2,15,17)(H,18,19)/t11-/m0/s1. The van der Waals surface area contributed by atoms with Gasteiger partial charge >= 0.3 is 5.97 Å². The fraction of sp³-hybridized carbons (Fsp3) is 0.429. The maximum Gasteiger partial charge on any atom is 0.321 e. The minimum absolute atomic E-state index is 0.0177. The summed E-state index contributed by atoms with van der Waals surface area (Å²) in [5, 5.41) is 9.14. The Bertz CT molecular complexity index is 699. The van der Waals surface area contributed by atoms with Crippen LogP contribution in [0.5, 0.6) is 5.75 Å². The number of hydrogen-bond donors (Lipinski definition) is 3. The molecule has 4 N–H and O–H groups in total. The number of methoxy groups -OCH3 is 1. The van der Waals surface area contributed by atoms with Gasteiger partial charge in [0, 0.05) is 0 Å². The Morgan fingerprint density at radius 1 is 1.35 bits per heavy atom. The Morgan fingerprint density at radius 2 is 1.96 bits per heavy atom. The SMILES string of the molecule is COc1ccc(S(=O)(=O)N[C@@H](CC(C)C)C(=O)O)cc1C(N)=O. The molecule has 128 valence electrons. The highest BCUT2D eigenvalue weighted by molar-refractivity contribution is 7.89. The van der Waals surface area contributed by atoms with Crippen LogP contribution in [-0.2, 0) is 14.8 Å². The van der Waals surface area contributed by atoms with E-state index in [0.717, 1.165) is 6.07 Å². The number of carbonyl (C=O) groups is 2. The molecule has 23 heavy (non-hydrogen) atoms. The largest absolute Gasteiger partial charge is 0.496 e. The number of amides is 1. The van der Waals surface area contributed by atoms with E-state index in [4.69, 9.17) is 15.6 Å². The fourth-order valence-electron chi connectivity index (χ4n) is 1.97. The van der Waals surface area contributed by atoms with Crippen LogP contribution in [0.2, 0.25) is 0 Å². The van der Waals surface area contributed by atoms with E-state index in [1.54, 1.807) is 13.8 Å². The van der Waals surface area contributed by atoms with Crippen molar-refractivity contribution < 1.29 is 27.9 Å². The molecule has 0 aromatic heterocycles. The molecule has 0 saturated carbocycles. The van der Waals surface area contributed by atoms with E-state index in [2.05, 4.69) is 4.72 Å². The lowest BCUT2D eigenvalue weighted by atomic mass is 10.1. The molecule has 1 aromatic rings. The van der Waals surface area contributed by atoms with E-state index in [1.165, 1.54) is 19.2 Å². The second-order valence-electron chi connectivity index (χ2n) is 5.37. The van der Waals surface area contributed by atoms with Gasteiger partial charge < -0.3 is 15.6 Å². The second kappa shape index (κ2) is 7.42. The van der Waals surface area contributed by atoms with E-state index in [9.17, 15) is 18.0 Å². The molecule has 0 heterocycles. The zero-order valence-electron chi connectivity index (χ0n) is 13.1. The van der Waals surface area contributed by atoms with Crippen LogP contribution in [0.15, 0.2) is 23.1 Å². The van der Waals surface area contributed by atoms with E-state index in [0.29, 0.717) is 0 Å². The quantitative estimate of drug-likeness (QED) is 0.631. The number of rotatable bonds is 8. The van der Waals surface area contributed by atoms with E-state index in [-0.39, 0.29) is 28.5 Å². The molecule has 8 nitrogen and oxygen atoms in total. The molecule has 1 rings (SSSR count). The van der Waals surface area contributed by atoms with Crippen LogP contribution in [0.4, 0.5) is 0 Å². The number of carbonyl (C=O) groups excluding carboxylic acids is 1. The summed E-state index contributed by atoms with van der Waals surface area (Å²) in [7, 11) is -2.81. The van der Waals surface area contributed by atoms with Crippen molar-refractivity contribution in [1.29, 1.82) is 0 Å². The fourth-order valence-corrected chi connectivity index (χ4v) is 3.20. The van der Waals surface area contributed by atoms with Crippen LogP contribution in [0.1, 0.15) is 30.6 Å². The van der Waals surface area contributed by atoms with Crippen LogP contribution >= 0.6 is 0 Å². The van der Waals surface area contributed by atoms with Crippen LogP contribution in [-0.4, -0.2) is 38.6 Å². The predicted molar refractivity (Wildman–Crippen MR) is 82.7 cm³/mol. The number of primary amides is 1. The summed E-state index contributed by atoms with van der Waals surface area (Å²) in [5.41, 5.74) is 5.08. The molecule has 0 radical (unpaired) electrons. The molecule has 0 saturated heterocycles. The van der Waals surface area contributed by atoms with Crippen molar-refractivity contribution in [3.63, 3.8) is 0 Å². The molecule has 0 aliphatic carbocycles. The molecule has 0 bridgehead atoms. The van der Waals surface area contributed by atoms with Crippen LogP contribution in [0.3, 0.4) is 0 Å². The Labute approximate surface area is 134 Å². The first-order valence-electron chi connectivity index (χ1n) is 6.81. The lowest BCUT2D eigenvalue weighted by molar-refractivity contribution is -0.139. The number of ether oxygens (including phenoxy) is 1. The molecular weight excluding hydrogens is 324 g/mol. The number of sulfonamides is 1. The first-order chi connectivity index (χ1) is 10.6. The predicted octanol–water partition coefficient (Wildman–Crippen LogP) is 0.572. The monoisotopic (exact) mass is 344 g/mol. The van der Waals surface area contributed by atoms with Crippen LogP contribution in [0.25, 0.3) is 0 Å². The van der Waals surface area contributed by atoms with Gasteiger partial charge in [0.25, 0.3) is 5.91 Å². The van der Waals surface area contributed by atoms with Crippen LogP contribution < -0.4 is 15.2 Å². The Kier molecular flexibility index (Phi) is 6.11. The molecule has 0 unspecified atom stereocenters. The molecule has 0 fully saturated rings. The number of carboxylic acid groups (broad SMARTS) is 1. The first-order valence-corrected chi connectivity index (χ1v) is 8.29. The third-order valence-corrected chi connectivity index (χ3v) is 4.52. The van der Waals surface area contributed by atoms with Gasteiger partial charge in [-0.2, -0.15) is 4.72 Å². The summed E-state index contributed by atoms with van der Waals surface area (Å²) in [6, 6.07) is 2.28. The average molecular weight is 344 g/mol. The van der Waals surface area contributed by atoms with Crippen molar-refractivity contribution in [1.82, 2.24) is 4.72 Å². The van der Waals surface area contributed by atoms with Gasteiger partial charge in [0.1, 0.15) is 11.8 Å². The Morgan fingerprint density at radius 3 is 2.39 bits per heavy atom. The van der Waals surface area contributed by atoms with Crippen LogP contribution in [0, 0.1) is 5.92 Å². The second-order valence-corrected chi connectivity index (χ2v) is 7.08. The van der Waals surface area contributed by atoms with E-state index in [1.807, 2.05) is 0 Å². The maximum atomic E-state index is 12.3. The molecular formula is C14H20N2O6S. The van der Waals surface area contributed by atoms with E-state index < -0.39 is 27.9 Å². The summed E-state index contributed by atoms with van der Waals surface area (Å²) in [6.45, 7) is 3.56. The van der Waals surface area contributed by atoms with Gasteiger partial charge in [0.15, 0.2) is 0 Å². The van der Waals surface area contributed by atoms with Gasteiger partial charge in [-0.3, -0.25) is 9.59 Å². The minimum atomic E-state index is -4.13. The number of nitrogens with one attached hydrogen (secondary N) is 1. The Balaban J connectivity index is 3.20. The lowest BCUT2D eigenvalue weighted by Gasteiger charge is -2.17. The highest BCUT2D eigenvalue weighted by Crippen LogP contribution is 2.22. The maximum absolute atomic E-state index is 12.3. The highest BCUT2D eigenvalue weighted by Gasteiger charge is 2.27. The normalized spacial score (nSPS) is 12.9. The lowest BCUT2D eigenvalue weighted by Crippen LogP contribution is -2.41. The van der Waals surface area contributed by atoms with Gasteiger partial charge in [-0.1, -0.05) is 13.8 Å². The third kappa shape index (κ3) is 4.93. The first kappa shape index (κ1) is 18.9. The van der Waals surface area contributed by atoms with Crippen molar-refractivity contribution in [2.75, 3.05) is 7.11 Å². The van der Waals surface area contributed by atoms with Crippen molar-refractivity contribution in [3.05, 3.63) is 23.8 Å². The topological polar surface area (TPSA) is 136 Å². The molecule has 9 heteroatoms. The molecule has 0 aliphatic rings. The highest BCUT2D eigenvalue weighted by atomic mass is 32.2. The average Bonchev–Trinajstić information content (AvgIpc) is 2.44. The Hall–Kier alpha value is -2.13. The van der Waals surface area contributed by atoms with Crippen molar-refractivity contribution in [2.24, 2.45) is 11.7 Å². The smallest absolute Gasteiger partial charge is 0.321 e. The molecule has 1 amide bonds. The molecule has 0 aliphatic heterocycles. The summed E-state index contributed by atoms with van der Waals surface area (Å²) in [4.78, 5) is 22.3. The molecule has 1 atom stereocenters. The summed E-state index contributed by atoms with van der Waals surface area (Å²) >= 11 is 0. The van der Waals surface area contributed by atoms with Gasteiger partial charge in [-0.05, 0) is 30.5 Å². The third-order valence-electron chi connectivity index (χ3n) is 3.05. The van der Waals surface area contributed by atoms with Gasteiger partial charge in [-0.25, -0.2) is 8.42 Å². The van der Waals surface area contributed by atoms with Gasteiger partial charge in [0.05, 0.1) is 17.6 Å². The summed E-state index contributed by atoms with van der Waals surface area (Å²) < 4.78 is 31.7. The number of aliphatic carboxylic acids is 1. The van der Waals surface area contributed by atoms with Gasteiger partial charge in [-0.15, -0.1) is 0 Å². The summed E-state index contributed by atoms with van der Waals surface area (Å²) in [5.74, 6) is -2.01. The zero-order chi connectivity index (χ0) is 17.8. The number of carboxylic acids is 1. The molecule has 1 aromatic carbocycles. The number of benzene rings is 1. The van der Waals surface area contributed by atoms with E-state index >= 15 is 0 Å². The zero-order valence-corrected chi connectivity index (χ0v) is 13.9. The number of hydrogen-bond acceptors (Lipinski definition) is 5. The molecule has 0 spiro atoms. The van der Waals surface area contributed by atoms with Crippen molar-refractivity contribution in [2.45, 2.75) is 31.2 Å². The van der Waals surface area contributed by atoms with Crippen molar-refractivity contribution >= 4 is 21.9 Å². The number of nitrogens with two attached hydrogens (primary N) is 1. The minimum Gasteiger partial charge on any atom is -0.496 e. The van der Waals surface area contributed by atoms with Crippen molar-refractivity contribution in [3.8, 4) is 5.75 Å². The van der Waals surface area contributed by atoms with Gasteiger partial charge in [0.2, 0.25) is 10.0 Å².